The van der Waals surface area contributed by atoms with E-state index in [0.717, 1.165) is 11.1 Å². The zero-order valence-electron chi connectivity index (χ0n) is 24.5. The van der Waals surface area contributed by atoms with Crippen LogP contribution in [-0.4, -0.2) is 46.8 Å². The highest BCUT2D eigenvalue weighted by Crippen LogP contribution is 2.52. The fourth-order valence-electron chi connectivity index (χ4n) is 5.31. The molecule has 0 unspecified atom stereocenters. The minimum absolute atomic E-state index is 0.114. The van der Waals surface area contributed by atoms with Crippen LogP contribution in [0.1, 0.15) is 55.8 Å². The standard InChI is InChI=1S/C32H40O8/c1-18-19(2)32(40-31(18)22-10-14-26(35-5)29(16-22)38-8)24-12-11-23(17-27(24)36-6)39-20(3)30(33)21-9-13-25(34-4)28(15-21)37-7/h9-20,30-33H,1-8H3/t18-,19-,20-,30+,31+,32+/m1/s1. The second-order valence-corrected chi connectivity index (χ2v) is 10.1. The van der Waals surface area contributed by atoms with E-state index in [-0.39, 0.29) is 24.0 Å². The van der Waals surface area contributed by atoms with E-state index in [1.54, 1.807) is 53.7 Å². The first-order valence-corrected chi connectivity index (χ1v) is 13.4. The van der Waals surface area contributed by atoms with Crippen molar-refractivity contribution in [3.05, 3.63) is 71.3 Å². The average molecular weight is 553 g/mol. The molecule has 3 aromatic rings. The fourth-order valence-corrected chi connectivity index (χ4v) is 5.31. The van der Waals surface area contributed by atoms with E-state index in [0.29, 0.717) is 40.1 Å². The Balaban J connectivity index is 1.52. The maximum Gasteiger partial charge on any atom is 0.161 e. The molecule has 0 bridgehead atoms. The van der Waals surface area contributed by atoms with Gasteiger partial charge in [0.05, 0.1) is 47.8 Å². The molecule has 0 aliphatic carbocycles. The second-order valence-electron chi connectivity index (χ2n) is 10.1. The summed E-state index contributed by atoms with van der Waals surface area (Å²) >= 11 is 0. The Morgan fingerprint density at radius 3 is 1.85 bits per heavy atom. The smallest absolute Gasteiger partial charge is 0.161 e. The molecule has 0 aromatic heterocycles. The Morgan fingerprint density at radius 2 is 1.23 bits per heavy atom. The van der Waals surface area contributed by atoms with Crippen molar-refractivity contribution in [2.24, 2.45) is 11.8 Å². The summed E-state index contributed by atoms with van der Waals surface area (Å²) in [5.74, 6) is 4.23. The van der Waals surface area contributed by atoms with Crippen molar-refractivity contribution in [1.29, 1.82) is 0 Å². The number of aliphatic hydroxyl groups excluding tert-OH is 1. The van der Waals surface area contributed by atoms with Crippen LogP contribution >= 0.6 is 0 Å². The molecular formula is C32H40O8. The van der Waals surface area contributed by atoms with Crippen molar-refractivity contribution >= 4 is 0 Å². The molecule has 40 heavy (non-hydrogen) atoms. The first kappa shape index (κ1) is 29.4. The third-order valence-corrected chi connectivity index (χ3v) is 7.84. The van der Waals surface area contributed by atoms with Crippen molar-refractivity contribution in [2.45, 2.75) is 45.2 Å². The van der Waals surface area contributed by atoms with Crippen molar-refractivity contribution in [1.82, 2.24) is 0 Å². The number of hydrogen-bond acceptors (Lipinski definition) is 8. The predicted molar refractivity (Wildman–Crippen MR) is 152 cm³/mol. The lowest BCUT2D eigenvalue weighted by atomic mass is 9.85. The number of hydrogen-bond donors (Lipinski definition) is 1. The van der Waals surface area contributed by atoms with Gasteiger partial charge in [-0.1, -0.05) is 26.0 Å². The van der Waals surface area contributed by atoms with Crippen LogP contribution in [0.15, 0.2) is 54.6 Å². The summed E-state index contributed by atoms with van der Waals surface area (Å²) in [6.45, 7) is 6.22. The summed E-state index contributed by atoms with van der Waals surface area (Å²) in [4.78, 5) is 0. The lowest BCUT2D eigenvalue weighted by molar-refractivity contribution is 0.0273. The van der Waals surface area contributed by atoms with E-state index < -0.39 is 12.2 Å². The molecule has 1 aliphatic rings. The summed E-state index contributed by atoms with van der Waals surface area (Å²) in [6, 6.07) is 16.9. The molecule has 1 fully saturated rings. The van der Waals surface area contributed by atoms with Crippen LogP contribution in [-0.2, 0) is 4.74 Å². The molecule has 8 nitrogen and oxygen atoms in total. The normalized spacial score (nSPS) is 21.8. The molecule has 1 aliphatic heterocycles. The first-order chi connectivity index (χ1) is 19.3. The monoisotopic (exact) mass is 552 g/mol. The first-order valence-electron chi connectivity index (χ1n) is 13.4. The van der Waals surface area contributed by atoms with Gasteiger partial charge in [-0.05, 0) is 66.3 Å². The van der Waals surface area contributed by atoms with E-state index >= 15 is 0 Å². The van der Waals surface area contributed by atoms with Gasteiger partial charge in [-0.15, -0.1) is 0 Å². The van der Waals surface area contributed by atoms with Gasteiger partial charge in [0, 0.05) is 11.6 Å². The predicted octanol–water partition coefficient (Wildman–Crippen LogP) is 6.32. The Morgan fingerprint density at radius 1 is 0.650 bits per heavy atom. The lowest BCUT2D eigenvalue weighted by Gasteiger charge is -2.24. The maximum atomic E-state index is 11.0. The van der Waals surface area contributed by atoms with Crippen molar-refractivity contribution in [3.8, 4) is 34.5 Å². The van der Waals surface area contributed by atoms with Gasteiger partial charge in [0.15, 0.2) is 23.0 Å². The zero-order chi connectivity index (χ0) is 29.0. The summed E-state index contributed by atoms with van der Waals surface area (Å²) < 4.78 is 40.2. The van der Waals surface area contributed by atoms with Gasteiger partial charge in [0.25, 0.3) is 0 Å². The molecule has 0 radical (unpaired) electrons. The maximum absolute atomic E-state index is 11.0. The Hall–Kier alpha value is -3.62. The summed E-state index contributed by atoms with van der Waals surface area (Å²) in [7, 11) is 8.04. The molecule has 1 heterocycles. The highest BCUT2D eigenvalue weighted by Gasteiger charge is 2.42. The minimum Gasteiger partial charge on any atom is -0.496 e. The third-order valence-electron chi connectivity index (χ3n) is 7.84. The van der Waals surface area contributed by atoms with E-state index in [2.05, 4.69) is 13.8 Å². The molecule has 4 rings (SSSR count). The number of methoxy groups -OCH3 is 5. The van der Waals surface area contributed by atoms with Gasteiger partial charge in [-0.2, -0.15) is 0 Å². The lowest BCUT2D eigenvalue weighted by Crippen LogP contribution is -2.22. The van der Waals surface area contributed by atoms with Crippen LogP contribution in [0.2, 0.25) is 0 Å². The minimum atomic E-state index is -0.883. The second kappa shape index (κ2) is 12.7. The van der Waals surface area contributed by atoms with Crippen molar-refractivity contribution in [3.63, 3.8) is 0 Å². The number of rotatable bonds is 11. The number of aliphatic hydroxyl groups is 1. The Kier molecular flexibility index (Phi) is 9.32. The SMILES string of the molecule is COc1ccc([C@@H](O)[C@@H](C)Oc2ccc([C@H]3O[C@H](c4ccc(OC)c(OC)c4)[C@H](C)[C@H]3C)c(OC)c2)cc1OC. The van der Waals surface area contributed by atoms with Crippen LogP contribution in [0.25, 0.3) is 0 Å². The van der Waals surface area contributed by atoms with E-state index in [4.69, 9.17) is 33.2 Å². The number of ether oxygens (including phenoxy) is 7. The van der Waals surface area contributed by atoms with Gasteiger partial charge < -0.3 is 38.3 Å². The van der Waals surface area contributed by atoms with Crippen molar-refractivity contribution in [2.75, 3.05) is 35.5 Å². The molecule has 6 atom stereocenters. The van der Waals surface area contributed by atoms with Crippen molar-refractivity contribution < 1.29 is 38.3 Å². The quantitative estimate of drug-likeness (QED) is 0.296. The van der Waals surface area contributed by atoms with Gasteiger partial charge in [-0.3, -0.25) is 0 Å². The molecule has 0 spiro atoms. The largest absolute Gasteiger partial charge is 0.496 e. The van der Waals surface area contributed by atoms with E-state index in [9.17, 15) is 5.11 Å². The van der Waals surface area contributed by atoms with E-state index in [1.807, 2.05) is 43.3 Å². The molecule has 0 amide bonds. The molecule has 8 heteroatoms. The fraction of sp³-hybridized carbons (Fsp3) is 0.438. The molecule has 1 N–H and O–H groups in total. The summed E-state index contributed by atoms with van der Waals surface area (Å²) in [5, 5.41) is 11.0. The number of benzene rings is 3. The van der Waals surface area contributed by atoms with Gasteiger partial charge in [0.2, 0.25) is 0 Å². The molecule has 3 aromatic carbocycles. The molecule has 1 saturated heterocycles. The van der Waals surface area contributed by atoms with E-state index in [1.165, 1.54) is 0 Å². The van der Waals surface area contributed by atoms with Crippen LogP contribution in [0.3, 0.4) is 0 Å². The Labute approximate surface area is 236 Å². The third kappa shape index (κ3) is 5.78. The van der Waals surface area contributed by atoms with Crippen LogP contribution in [0.5, 0.6) is 34.5 Å². The topological polar surface area (TPSA) is 84.8 Å². The highest BCUT2D eigenvalue weighted by molar-refractivity contribution is 5.46. The van der Waals surface area contributed by atoms with Crippen LogP contribution in [0, 0.1) is 11.8 Å². The summed E-state index contributed by atoms with van der Waals surface area (Å²) in [6.07, 6.45) is -1.71. The average Bonchev–Trinajstić information content (AvgIpc) is 3.29. The molecule has 0 saturated carbocycles. The molecular weight excluding hydrogens is 512 g/mol. The summed E-state index contributed by atoms with van der Waals surface area (Å²) in [5.41, 5.74) is 2.65. The van der Waals surface area contributed by atoms with Crippen LogP contribution in [0.4, 0.5) is 0 Å². The highest BCUT2D eigenvalue weighted by atomic mass is 16.5. The van der Waals surface area contributed by atoms with Gasteiger partial charge in [0.1, 0.15) is 23.7 Å². The van der Waals surface area contributed by atoms with Crippen LogP contribution < -0.4 is 28.4 Å². The zero-order valence-corrected chi connectivity index (χ0v) is 24.5. The molecule has 216 valence electrons. The van der Waals surface area contributed by atoms with Gasteiger partial charge >= 0.3 is 0 Å². The Bertz CT molecular complexity index is 1290. The van der Waals surface area contributed by atoms with Gasteiger partial charge in [-0.25, -0.2) is 0 Å².